The fourth-order valence-electron chi connectivity index (χ4n) is 2.95. The Morgan fingerprint density at radius 1 is 0.735 bits per heavy atom. The molecule has 10 heteroatoms. The van der Waals surface area contributed by atoms with Gasteiger partial charge in [0, 0.05) is 16.8 Å². The van der Waals surface area contributed by atoms with Gasteiger partial charge in [0.25, 0.3) is 21.8 Å². The third-order valence-corrected chi connectivity index (χ3v) is 5.94. The van der Waals surface area contributed by atoms with Crippen LogP contribution in [0.2, 0.25) is 0 Å². The minimum absolute atomic E-state index is 0.0495. The normalized spacial score (nSPS) is 10.8. The summed E-state index contributed by atoms with van der Waals surface area (Å²) >= 11 is 0. The maximum absolute atomic E-state index is 12.7. The van der Waals surface area contributed by atoms with Gasteiger partial charge in [-0.15, -0.1) is 0 Å². The lowest BCUT2D eigenvalue weighted by Gasteiger charge is -2.11. The van der Waals surface area contributed by atoms with E-state index in [1.54, 1.807) is 36.4 Å². The highest BCUT2D eigenvalue weighted by atomic mass is 32.2. The number of hydrazine groups is 1. The number of hydrogen-bond donors (Lipinski definition) is 3. The van der Waals surface area contributed by atoms with Gasteiger partial charge in [0.05, 0.1) is 18.1 Å². The molecule has 0 bridgehead atoms. The molecule has 3 N–H and O–H groups in total. The lowest BCUT2D eigenvalue weighted by atomic mass is 10.2. The number of nitrogens with one attached hydrogen (secondary N) is 3. The summed E-state index contributed by atoms with van der Waals surface area (Å²) in [4.78, 5) is 24.8. The molecule has 0 saturated heterocycles. The Morgan fingerprint density at radius 3 is 1.82 bits per heavy atom. The van der Waals surface area contributed by atoms with Crippen LogP contribution in [0.3, 0.4) is 0 Å². The van der Waals surface area contributed by atoms with Crippen LogP contribution in [0.5, 0.6) is 11.5 Å². The van der Waals surface area contributed by atoms with E-state index in [-0.39, 0.29) is 16.1 Å². The van der Waals surface area contributed by atoms with E-state index in [4.69, 9.17) is 9.47 Å². The SMILES string of the molecule is CCOc1ccc(C(=O)NNC(=O)c2cccc(NS(=O)(=O)c3ccc(OCC)cc3)c2)cc1. The number of amides is 2. The number of anilines is 1. The van der Waals surface area contributed by atoms with Crippen molar-refractivity contribution in [2.45, 2.75) is 18.7 Å². The van der Waals surface area contributed by atoms with E-state index in [1.165, 1.54) is 36.4 Å². The van der Waals surface area contributed by atoms with Gasteiger partial charge >= 0.3 is 0 Å². The molecule has 2 amide bonds. The van der Waals surface area contributed by atoms with E-state index in [0.717, 1.165) is 0 Å². The van der Waals surface area contributed by atoms with Gasteiger partial charge < -0.3 is 9.47 Å². The third-order valence-electron chi connectivity index (χ3n) is 4.54. The zero-order chi connectivity index (χ0) is 24.6. The van der Waals surface area contributed by atoms with Gasteiger partial charge in [0.2, 0.25) is 0 Å². The molecule has 3 aromatic rings. The van der Waals surface area contributed by atoms with Gasteiger partial charge in [-0.25, -0.2) is 8.42 Å². The standard InChI is InChI=1S/C24H25N3O6S/c1-3-32-20-10-8-17(9-11-20)23(28)25-26-24(29)18-6-5-7-19(16-18)27-34(30,31)22-14-12-21(13-15-22)33-4-2/h5-16,27H,3-4H2,1-2H3,(H,25,28)(H,26,29). The third kappa shape index (κ3) is 6.48. The quantitative estimate of drug-likeness (QED) is 0.401. The first-order valence-electron chi connectivity index (χ1n) is 10.5. The summed E-state index contributed by atoms with van der Waals surface area (Å²) in [5.41, 5.74) is 5.32. The first-order chi connectivity index (χ1) is 16.3. The Bertz CT molecular complexity index is 1240. The zero-order valence-electron chi connectivity index (χ0n) is 18.7. The number of ether oxygens (including phenoxy) is 2. The maximum Gasteiger partial charge on any atom is 0.269 e. The molecule has 9 nitrogen and oxygen atoms in total. The van der Waals surface area contributed by atoms with E-state index in [2.05, 4.69) is 15.6 Å². The summed E-state index contributed by atoms with van der Waals surface area (Å²) in [5, 5.41) is 0. The molecular weight excluding hydrogens is 458 g/mol. The second-order valence-corrected chi connectivity index (χ2v) is 8.64. The summed E-state index contributed by atoms with van der Waals surface area (Å²) in [6, 6.07) is 18.3. The first-order valence-corrected chi connectivity index (χ1v) is 12.0. The molecule has 0 aromatic heterocycles. The molecule has 0 spiro atoms. The van der Waals surface area contributed by atoms with E-state index in [1.807, 2.05) is 13.8 Å². The van der Waals surface area contributed by atoms with Crippen LogP contribution in [0.15, 0.2) is 77.7 Å². The minimum atomic E-state index is -3.87. The molecule has 0 fully saturated rings. The predicted octanol–water partition coefficient (Wildman–Crippen LogP) is 3.36. The molecule has 3 rings (SSSR count). The van der Waals surface area contributed by atoms with Crippen LogP contribution in [0.4, 0.5) is 5.69 Å². The van der Waals surface area contributed by atoms with Gasteiger partial charge in [-0.3, -0.25) is 25.2 Å². The second kappa shape index (κ2) is 11.2. The first kappa shape index (κ1) is 24.6. The Kier molecular flexibility index (Phi) is 8.10. The number of hydrogen-bond acceptors (Lipinski definition) is 6. The molecule has 0 aliphatic carbocycles. The highest BCUT2D eigenvalue weighted by Crippen LogP contribution is 2.20. The van der Waals surface area contributed by atoms with Crippen molar-refractivity contribution in [1.29, 1.82) is 0 Å². The van der Waals surface area contributed by atoms with E-state index in [0.29, 0.717) is 30.3 Å². The van der Waals surface area contributed by atoms with Crippen molar-refractivity contribution in [3.8, 4) is 11.5 Å². The Labute approximate surface area is 198 Å². The summed E-state index contributed by atoms with van der Waals surface area (Å²) < 4.78 is 38.4. The summed E-state index contributed by atoms with van der Waals surface area (Å²) in [5.74, 6) is 0.0742. The minimum Gasteiger partial charge on any atom is -0.494 e. The van der Waals surface area contributed by atoms with Gasteiger partial charge in [0.1, 0.15) is 11.5 Å². The van der Waals surface area contributed by atoms with Crippen LogP contribution in [0.1, 0.15) is 34.6 Å². The van der Waals surface area contributed by atoms with Crippen molar-refractivity contribution in [1.82, 2.24) is 10.9 Å². The Balaban J connectivity index is 1.62. The number of carbonyl (C=O) groups is 2. The molecule has 34 heavy (non-hydrogen) atoms. The Morgan fingerprint density at radius 2 is 1.26 bits per heavy atom. The van der Waals surface area contributed by atoms with Crippen LogP contribution < -0.4 is 25.0 Å². The molecule has 0 saturated carbocycles. The van der Waals surface area contributed by atoms with Crippen molar-refractivity contribution in [2.24, 2.45) is 0 Å². The van der Waals surface area contributed by atoms with E-state index in [9.17, 15) is 18.0 Å². The monoisotopic (exact) mass is 483 g/mol. The highest BCUT2D eigenvalue weighted by Gasteiger charge is 2.16. The van der Waals surface area contributed by atoms with E-state index >= 15 is 0 Å². The number of rotatable bonds is 9. The van der Waals surface area contributed by atoms with Crippen LogP contribution >= 0.6 is 0 Å². The largest absolute Gasteiger partial charge is 0.494 e. The van der Waals surface area contributed by atoms with Crippen molar-refractivity contribution >= 4 is 27.5 Å². The molecule has 0 atom stereocenters. The van der Waals surface area contributed by atoms with Crippen molar-refractivity contribution in [3.63, 3.8) is 0 Å². The topological polar surface area (TPSA) is 123 Å². The highest BCUT2D eigenvalue weighted by molar-refractivity contribution is 7.92. The van der Waals surface area contributed by atoms with Crippen molar-refractivity contribution < 1.29 is 27.5 Å². The van der Waals surface area contributed by atoms with Gasteiger partial charge in [-0.1, -0.05) is 6.07 Å². The molecule has 0 radical (unpaired) electrons. The van der Waals surface area contributed by atoms with E-state index < -0.39 is 21.8 Å². The van der Waals surface area contributed by atoms with Crippen molar-refractivity contribution in [3.05, 3.63) is 83.9 Å². The predicted molar refractivity (Wildman–Crippen MR) is 127 cm³/mol. The average Bonchev–Trinajstić information content (AvgIpc) is 2.83. The lowest BCUT2D eigenvalue weighted by Crippen LogP contribution is -2.41. The smallest absolute Gasteiger partial charge is 0.269 e. The van der Waals surface area contributed by atoms with Crippen LogP contribution in [0, 0.1) is 0 Å². The van der Waals surface area contributed by atoms with Crippen molar-refractivity contribution in [2.75, 3.05) is 17.9 Å². The molecule has 0 aliphatic rings. The molecule has 3 aromatic carbocycles. The number of carbonyl (C=O) groups excluding carboxylic acids is 2. The second-order valence-electron chi connectivity index (χ2n) is 6.96. The summed E-state index contributed by atoms with van der Waals surface area (Å²) in [6.07, 6.45) is 0. The van der Waals surface area contributed by atoms with Crippen LogP contribution in [0.25, 0.3) is 0 Å². The number of sulfonamides is 1. The molecule has 0 unspecified atom stereocenters. The average molecular weight is 484 g/mol. The van der Waals surface area contributed by atoms with Gasteiger partial charge in [-0.2, -0.15) is 0 Å². The summed E-state index contributed by atoms with van der Waals surface area (Å²) in [6.45, 7) is 4.67. The van der Waals surface area contributed by atoms with Crippen LogP contribution in [-0.2, 0) is 10.0 Å². The van der Waals surface area contributed by atoms with Gasteiger partial charge in [-0.05, 0) is 80.6 Å². The number of benzene rings is 3. The molecule has 0 aliphatic heterocycles. The molecule has 178 valence electrons. The molecule has 0 heterocycles. The zero-order valence-corrected chi connectivity index (χ0v) is 19.5. The van der Waals surface area contributed by atoms with Gasteiger partial charge in [0.15, 0.2) is 0 Å². The lowest BCUT2D eigenvalue weighted by molar-refractivity contribution is 0.0846. The maximum atomic E-state index is 12.7. The molecular formula is C24H25N3O6S. The summed E-state index contributed by atoms with van der Waals surface area (Å²) in [7, 11) is -3.87. The fraction of sp³-hybridized carbons (Fsp3) is 0.167. The van der Waals surface area contributed by atoms with Crippen LogP contribution in [-0.4, -0.2) is 33.4 Å². The fourth-order valence-corrected chi connectivity index (χ4v) is 4.00. The Hall–Kier alpha value is -4.05.